The topological polar surface area (TPSA) is 101 Å². The normalized spacial score (nSPS) is 10.3. The van der Waals surface area contributed by atoms with Crippen molar-refractivity contribution in [2.24, 2.45) is 0 Å². The van der Waals surface area contributed by atoms with Gasteiger partial charge in [-0.25, -0.2) is 4.39 Å². The first-order valence-corrected chi connectivity index (χ1v) is 5.70. The maximum absolute atomic E-state index is 13.5. The summed E-state index contributed by atoms with van der Waals surface area (Å²) in [6.07, 6.45) is 1.54. The van der Waals surface area contributed by atoms with Crippen molar-refractivity contribution < 1.29 is 14.1 Å². The van der Waals surface area contributed by atoms with Gasteiger partial charge >= 0.3 is 0 Å². The summed E-state index contributed by atoms with van der Waals surface area (Å²) in [4.78, 5) is 21.8. The molecule has 8 heteroatoms. The molecule has 0 saturated heterocycles. The summed E-state index contributed by atoms with van der Waals surface area (Å²) in [6.45, 7) is 1.94. The number of carbonyl (C=O) groups is 1. The van der Waals surface area contributed by atoms with E-state index in [4.69, 9.17) is 0 Å². The van der Waals surface area contributed by atoms with E-state index >= 15 is 0 Å². The minimum absolute atomic E-state index is 0.156. The van der Waals surface area contributed by atoms with Gasteiger partial charge in [0.1, 0.15) is 5.82 Å². The molecule has 0 saturated carbocycles. The maximum Gasteiger partial charge on any atom is 0.270 e. The molecule has 2 N–H and O–H groups in total. The molecule has 1 aromatic carbocycles. The number of benzene rings is 1. The van der Waals surface area contributed by atoms with Crippen molar-refractivity contribution in [2.75, 3.05) is 0 Å². The number of aromatic amines is 1. The summed E-state index contributed by atoms with van der Waals surface area (Å²) in [7, 11) is 0. The van der Waals surface area contributed by atoms with Crippen LogP contribution in [0.25, 0.3) is 0 Å². The molecular weight excluding hydrogens is 267 g/mol. The Morgan fingerprint density at radius 1 is 1.55 bits per heavy atom. The van der Waals surface area contributed by atoms with Crippen LogP contribution in [0.5, 0.6) is 0 Å². The number of aromatic nitrogens is 2. The van der Waals surface area contributed by atoms with E-state index in [9.17, 15) is 19.3 Å². The van der Waals surface area contributed by atoms with Gasteiger partial charge in [-0.1, -0.05) is 0 Å². The molecule has 0 bridgehead atoms. The van der Waals surface area contributed by atoms with E-state index in [2.05, 4.69) is 15.5 Å². The van der Waals surface area contributed by atoms with Gasteiger partial charge in [0, 0.05) is 29.9 Å². The number of hydrogen-bond acceptors (Lipinski definition) is 4. The zero-order valence-corrected chi connectivity index (χ0v) is 10.5. The first kappa shape index (κ1) is 13.7. The molecule has 104 valence electrons. The van der Waals surface area contributed by atoms with Crippen molar-refractivity contribution in [2.45, 2.75) is 13.5 Å². The second kappa shape index (κ2) is 5.47. The Bertz CT molecular complexity index is 668. The third-order valence-corrected chi connectivity index (χ3v) is 2.78. The van der Waals surface area contributed by atoms with Crippen LogP contribution in [0.4, 0.5) is 10.1 Å². The molecule has 0 aliphatic heterocycles. The Morgan fingerprint density at radius 2 is 2.30 bits per heavy atom. The summed E-state index contributed by atoms with van der Waals surface area (Å²) in [6, 6.07) is 2.81. The number of hydrogen-bond donors (Lipinski definition) is 2. The third kappa shape index (κ3) is 2.79. The van der Waals surface area contributed by atoms with E-state index in [1.165, 1.54) is 0 Å². The fourth-order valence-electron chi connectivity index (χ4n) is 1.63. The molecule has 2 rings (SSSR count). The highest BCUT2D eigenvalue weighted by Gasteiger charge is 2.17. The monoisotopic (exact) mass is 278 g/mol. The standard InChI is InChI=1S/C12H11FN4O3/c1-7-8(6-15-16-7)5-14-12(18)10-4-9(17(19)20)2-3-11(10)13/h2-4,6H,5H2,1H3,(H,14,18)(H,15,16). The predicted molar refractivity (Wildman–Crippen MR) is 67.5 cm³/mol. The lowest BCUT2D eigenvalue weighted by molar-refractivity contribution is -0.384. The zero-order chi connectivity index (χ0) is 14.7. The minimum atomic E-state index is -0.808. The van der Waals surface area contributed by atoms with E-state index in [0.717, 1.165) is 29.5 Å². The van der Waals surface area contributed by atoms with E-state index in [0.29, 0.717) is 0 Å². The van der Waals surface area contributed by atoms with Gasteiger partial charge in [0.05, 0.1) is 16.7 Å². The number of nitro groups is 1. The van der Waals surface area contributed by atoms with Crippen molar-refractivity contribution in [3.05, 3.63) is 57.1 Å². The number of aryl methyl sites for hydroxylation is 1. The highest BCUT2D eigenvalue weighted by molar-refractivity contribution is 5.95. The third-order valence-electron chi connectivity index (χ3n) is 2.78. The molecule has 1 amide bonds. The van der Waals surface area contributed by atoms with Gasteiger partial charge in [0.25, 0.3) is 11.6 Å². The van der Waals surface area contributed by atoms with Crippen molar-refractivity contribution in [1.29, 1.82) is 0 Å². The van der Waals surface area contributed by atoms with Crippen LogP contribution in [-0.2, 0) is 6.54 Å². The number of amides is 1. The van der Waals surface area contributed by atoms with Gasteiger partial charge < -0.3 is 5.32 Å². The molecule has 2 aromatic rings. The minimum Gasteiger partial charge on any atom is -0.348 e. The lowest BCUT2D eigenvalue weighted by Crippen LogP contribution is -2.24. The van der Waals surface area contributed by atoms with Crippen molar-refractivity contribution in [1.82, 2.24) is 15.5 Å². The average Bonchev–Trinajstić information content (AvgIpc) is 2.81. The first-order chi connectivity index (χ1) is 9.49. The van der Waals surface area contributed by atoms with Crippen molar-refractivity contribution >= 4 is 11.6 Å². The van der Waals surface area contributed by atoms with Gasteiger partial charge in [-0.05, 0) is 13.0 Å². The predicted octanol–water partition coefficient (Wildman–Crippen LogP) is 1.70. The molecule has 0 unspecified atom stereocenters. The molecule has 1 heterocycles. The molecule has 0 aliphatic rings. The quantitative estimate of drug-likeness (QED) is 0.656. The van der Waals surface area contributed by atoms with Crippen LogP contribution in [0.2, 0.25) is 0 Å². The SMILES string of the molecule is Cc1[nH]ncc1CNC(=O)c1cc([N+](=O)[O-])ccc1F. The molecule has 20 heavy (non-hydrogen) atoms. The van der Waals surface area contributed by atoms with Crippen LogP contribution < -0.4 is 5.32 Å². The van der Waals surface area contributed by atoms with Crippen molar-refractivity contribution in [3.8, 4) is 0 Å². The molecule has 7 nitrogen and oxygen atoms in total. The van der Waals surface area contributed by atoms with Crippen LogP contribution >= 0.6 is 0 Å². The van der Waals surface area contributed by atoms with E-state index in [-0.39, 0.29) is 17.8 Å². The molecule has 0 fully saturated rings. The molecular formula is C12H11FN4O3. The van der Waals surface area contributed by atoms with Crippen LogP contribution in [0, 0.1) is 22.9 Å². The molecule has 0 aliphatic carbocycles. The summed E-state index contributed by atoms with van der Waals surface area (Å²) in [5.41, 5.74) is 0.838. The molecule has 0 radical (unpaired) electrons. The zero-order valence-electron chi connectivity index (χ0n) is 10.5. The Labute approximate surface area is 113 Å². The first-order valence-electron chi connectivity index (χ1n) is 5.70. The fourth-order valence-corrected chi connectivity index (χ4v) is 1.63. The van der Waals surface area contributed by atoms with Gasteiger partial charge in [0.2, 0.25) is 0 Å². The van der Waals surface area contributed by atoms with E-state index in [1.54, 1.807) is 13.1 Å². The highest BCUT2D eigenvalue weighted by Crippen LogP contribution is 2.17. The van der Waals surface area contributed by atoms with Crippen LogP contribution in [0.3, 0.4) is 0 Å². The van der Waals surface area contributed by atoms with Gasteiger partial charge in [-0.2, -0.15) is 5.10 Å². The molecule has 1 aromatic heterocycles. The lowest BCUT2D eigenvalue weighted by atomic mass is 10.1. The second-order valence-corrected chi connectivity index (χ2v) is 4.12. The fraction of sp³-hybridized carbons (Fsp3) is 0.167. The summed E-state index contributed by atoms with van der Waals surface area (Å²) in [5.74, 6) is -1.52. The maximum atomic E-state index is 13.5. The van der Waals surface area contributed by atoms with E-state index in [1.807, 2.05) is 0 Å². The number of H-pyrrole nitrogens is 1. The number of rotatable bonds is 4. The Morgan fingerprint density at radius 3 is 2.90 bits per heavy atom. The van der Waals surface area contributed by atoms with Gasteiger partial charge in [-0.15, -0.1) is 0 Å². The Hall–Kier alpha value is -2.77. The highest BCUT2D eigenvalue weighted by atomic mass is 19.1. The molecule has 0 atom stereocenters. The average molecular weight is 278 g/mol. The van der Waals surface area contributed by atoms with Crippen LogP contribution in [0.15, 0.2) is 24.4 Å². The largest absolute Gasteiger partial charge is 0.348 e. The number of non-ortho nitro benzene ring substituents is 1. The summed E-state index contributed by atoms with van der Waals surface area (Å²) >= 11 is 0. The lowest BCUT2D eigenvalue weighted by Gasteiger charge is -2.05. The number of carbonyl (C=O) groups excluding carboxylic acids is 1. The summed E-state index contributed by atoms with van der Waals surface area (Å²) in [5, 5.41) is 19.6. The van der Waals surface area contributed by atoms with Crippen molar-refractivity contribution in [3.63, 3.8) is 0 Å². The summed E-state index contributed by atoms with van der Waals surface area (Å²) < 4.78 is 13.5. The van der Waals surface area contributed by atoms with Gasteiger partial charge in [0.15, 0.2) is 0 Å². The Balaban J connectivity index is 2.15. The number of nitrogens with one attached hydrogen (secondary N) is 2. The second-order valence-electron chi connectivity index (χ2n) is 4.12. The number of nitro benzene ring substituents is 1. The number of nitrogens with zero attached hydrogens (tertiary/aromatic N) is 2. The van der Waals surface area contributed by atoms with Gasteiger partial charge in [-0.3, -0.25) is 20.0 Å². The Kier molecular flexibility index (Phi) is 3.74. The van der Waals surface area contributed by atoms with E-state index < -0.39 is 16.6 Å². The molecule has 0 spiro atoms. The van der Waals surface area contributed by atoms with Crippen LogP contribution in [0.1, 0.15) is 21.6 Å². The van der Waals surface area contributed by atoms with Crippen LogP contribution in [-0.4, -0.2) is 21.0 Å². The number of halogens is 1. The smallest absolute Gasteiger partial charge is 0.270 e.